The summed E-state index contributed by atoms with van der Waals surface area (Å²) >= 11 is 8.85. The summed E-state index contributed by atoms with van der Waals surface area (Å²) in [5, 5.41) is 2.97. The number of thiocarbonyl (C=S) groups is 1. The number of rotatable bonds is 9. The Labute approximate surface area is 184 Å². The maximum atomic E-state index is 12.6. The molecule has 0 aliphatic carbocycles. The molecular formula is C21H24BrN3O3S. The molecule has 0 saturated heterocycles. The molecule has 0 aliphatic rings. The summed E-state index contributed by atoms with van der Waals surface area (Å²) in [6.07, 6.45) is 1.03. The monoisotopic (exact) mass is 477 g/mol. The van der Waals surface area contributed by atoms with E-state index < -0.39 is 5.91 Å². The molecule has 0 saturated carbocycles. The van der Waals surface area contributed by atoms with Gasteiger partial charge in [-0.1, -0.05) is 37.3 Å². The van der Waals surface area contributed by atoms with Crippen molar-refractivity contribution < 1.29 is 14.3 Å². The molecule has 0 radical (unpaired) electrons. The molecule has 29 heavy (non-hydrogen) atoms. The van der Waals surface area contributed by atoms with Crippen LogP contribution in [0.2, 0.25) is 0 Å². The van der Waals surface area contributed by atoms with E-state index in [1.807, 2.05) is 37.3 Å². The Morgan fingerprint density at radius 3 is 2.55 bits per heavy atom. The molecule has 0 bridgehead atoms. The third-order valence-corrected chi connectivity index (χ3v) is 4.99. The number of hydrogen-bond donors (Lipinski definition) is 2. The van der Waals surface area contributed by atoms with Crippen LogP contribution in [-0.2, 0) is 11.3 Å². The van der Waals surface area contributed by atoms with Crippen LogP contribution in [0, 0.1) is 0 Å². The number of hydrogen-bond acceptors (Lipinski definition) is 4. The minimum Gasteiger partial charge on any atom is -0.492 e. The van der Waals surface area contributed by atoms with Gasteiger partial charge in [-0.05, 0) is 58.3 Å². The van der Waals surface area contributed by atoms with Gasteiger partial charge in [0.1, 0.15) is 5.75 Å². The van der Waals surface area contributed by atoms with Crippen molar-refractivity contribution in [1.29, 1.82) is 0 Å². The first-order valence-electron chi connectivity index (χ1n) is 9.25. The fourth-order valence-corrected chi connectivity index (χ4v) is 3.26. The molecule has 154 valence electrons. The summed E-state index contributed by atoms with van der Waals surface area (Å²) in [5.74, 6) is -0.0863. The van der Waals surface area contributed by atoms with E-state index in [-0.39, 0.29) is 17.4 Å². The number of ether oxygens (including phenoxy) is 1. The second-order valence-corrected chi connectivity index (χ2v) is 7.62. The van der Waals surface area contributed by atoms with Gasteiger partial charge in [0.2, 0.25) is 5.91 Å². The number of carbonyl (C=O) groups excluding carboxylic acids is 2. The van der Waals surface area contributed by atoms with Crippen LogP contribution in [0.25, 0.3) is 0 Å². The molecule has 0 aliphatic heterocycles. The van der Waals surface area contributed by atoms with Gasteiger partial charge in [0, 0.05) is 25.1 Å². The maximum Gasteiger partial charge on any atom is 0.257 e. The lowest BCUT2D eigenvalue weighted by atomic mass is 10.2. The lowest BCUT2D eigenvalue weighted by Gasteiger charge is -2.25. The highest BCUT2D eigenvalue weighted by Crippen LogP contribution is 2.26. The van der Waals surface area contributed by atoms with E-state index in [4.69, 9.17) is 22.7 Å². The van der Waals surface area contributed by atoms with Crippen molar-refractivity contribution in [3.63, 3.8) is 0 Å². The molecule has 0 aromatic heterocycles. The second-order valence-electron chi connectivity index (χ2n) is 6.38. The summed E-state index contributed by atoms with van der Waals surface area (Å²) in [7, 11) is 0. The first-order valence-corrected chi connectivity index (χ1v) is 10.5. The van der Waals surface area contributed by atoms with Crippen LogP contribution < -0.4 is 15.8 Å². The van der Waals surface area contributed by atoms with E-state index in [2.05, 4.69) is 21.2 Å². The Bertz CT molecular complexity index is 862. The predicted molar refractivity (Wildman–Crippen MR) is 121 cm³/mol. The summed E-state index contributed by atoms with van der Waals surface area (Å²) in [6, 6.07) is 14.8. The molecule has 0 unspecified atom stereocenters. The van der Waals surface area contributed by atoms with Crippen molar-refractivity contribution in [3.8, 4) is 5.75 Å². The minimum atomic E-state index is -0.427. The van der Waals surface area contributed by atoms with Gasteiger partial charge in [0.15, 0.2) is 5.11 Å². The molecule has 8 heteroatoms. The van der Waals surface area contributed by atoms with E-state index in [1.54, 1.807) is 23.1 Å². The number of halogens is 1. The fourth-order valence-electron chi connectivity index (χ4n) is 2.52. The zero-order valence-corrected chi connectivity index (χ0v) is 18.6. The van der Waals surface area contributed by atoms with Crippen LogP contribution in [0.3, 0.4) is 0 Å². The van der Waals surface area contributed by atoms with Crippen LogP contribution in [-0.4, -0.2) is 35.0 Å². The molecule has 0 atom stereocenters. The summed E-state index contributed by atoms with van der Waals surface area (Å²) in [4.78, 5) is 25.6. The molecule has 2 aromatic rings. The van der Waals surface area contributed by atoms with E-state index >= 15 is 0 Å². The van der Waals surface area contributed by atoms with Crippen molar-refractivity contribution in [3.05, 3.63) is 64.1 Å². The highest BCUT2D eigenvalue weighted by Gasteiger charge is 2.16. The Balaban J connectivity index is 2.07. The Morgan fingerprint density at radius 2 is 1.93 bits per heavy atom. The predicted octanol–water partition coefficient (Wildman–Crippen LogP) is 3.63. The number of nitrogens with one attached hydrogen (secondary N) is 1. The lowest BCUT2D eigenvalue weighted by molar-refractivity contribution is -0.118. The number of primary amides is 1. The molecule has 2 amide bonds. The van der Waals surface area contributed by atoms with Gasteiger partial charge in [-0.2, -0.15) is 0 Å². The number of carbonyl (C=O) groups is 2. The summed E-state index contributed by atoms with van der Waals surface area (Å²) in [6.45, 7) is 3.40. The van der Waals surface area contributed by atoms with E-state index in [1.165, 1.54) is 0 Å². The summed E-state index contributed by atoms with van der Waals surface area (Å²) < 4.78 is 6.30. The van der Waals surface area contributed by atoms with Gasteiger partial charge in [0.05, 0.1) is 11.1 Å². The zero-order chi connectivity index (χ0) is 21.2. The van der Waals surface area contributed by atoms with Crippen molar-refractivity contribution >= 4 is 45.1 Å². The lowest BCUT2D eigenvalue weighted by Crippen LogP contribution is -2.43. The quantitative estimate of drug-likeness (QED) is 0.538. The van der Waals surface area contributed by atoms with Crippen molar-refractivity contribution in [2.75, 3.05) is 13.2 Å². The smallest absolute Gasteiger partial charge is 0.257 e. The highest BCUT2D eigenvalue weighted by molar-refractivity contribution is 9.10. The van der Waals surface area contributed by atoms with Gasteiger partial charge in [-0.3, -0.25) is 14.9 Å². The van der Waals surface area contributed by atoms with Gasteiger partial charge in [0.25, 0.3) is 5.91 Å². The maximum absolute atomic E-state index is 12.6. The molecule has 6 nitrogen and oxygen atoms in total. The van der Waals surface area contributed by atoms with E-state index in [9.17, 15) is 9.59 Å². The average Bonchev–Trinajstić information content (AvgIpc) is 2.70. The Kier molecular flexibility index (Phi) is 9.08. The first kappa shape index (κ1) is 22.8. The topological polar surface area (TPSA) is 84.7 Å². The van der Waals surface area contributed by atoms with Crippen LogP contribution in [0.5, 0.6) is 5.75 Å². The molecule has 0 fully saturated rings. The van der Waals surface area contributed by atoms with Gasteiger partial charge < -0.3 is 15.4 Å². The van der Waals surface area contributed by atoms with Gasteiger partial charge >= 0.3 is 0 Å². The standard InChI is InChI=1S/C21H24BrN3O3S/c1-2-12-28-18-9-8-16(13-17(18)22)20(27)24-21(29)25(11-10-19(23)26)14-15-6-4-3-5-7-15/h3-9,13H,2,10-12,14H2,1H3,(H2,23,26)(H,24,27,29). The third kappa shape index (κ3) is 7.47. The molecule has 2 aromatic carbocycles. The first-order chi connectivity index (χ1) is 13.9. The minimum absolute atomic E-state index is 0.137. The second kappa shape index (κ2) is 11.5. The number of nitrogens with two attached hydrogens (primary N) is 1. The van der Waals surface area contributed by atoms with E-state index in [0.29, 0.717) is 35.5 Å². The Hall–Kier alpha value is -2.45. The normalized spacial score (nSPS) is 10.3. The van der Waals surface area contributed by atoms with Gasteiger partial charge in [-0.25, -0.2) is 0 Å². The largest absolute Gasteiger partial charge is 0.492 e. The molecule has 2 rings (SSSR count). The van der Waals surface area contributed by atoms with Gasteiger partial charge in [-0.15, -0.1) is 0 Å². The average molecular weight is 478 g/mol. The molecule has 0 spiro atoms. The van der Waals surface area contributed by atoms with Crippen LogP contribution >= 0.6 is 28.1 Å². The van der Waals surface area contributed by atoms with Crippen LogP contribution in [0.1, 0.15) is 35.7 Å². The van der Waals surface area contributed by atoms with Crippen molar-refractivity contribution in [2.24, 2.45) is 5.73 Å². The number of benzene rings is 2. The summed E-state index contributed by atoms with van der Waals surface area (Å²) in [5.41, 5.74) is 6.73. The zero-order valence-electron chi connectivity index (χ0n) is 16.2. The highest BCUT2D eigenvalue weighted by atomic mass is 79.9. The number of nitrogens with zero attached hydrogens (tertiary/aromatic N) is 1. The SMILES string of the molecule is CCCOc1ccc(C(=O)NC(=S)N(CCC(N)=O)Cc2ccccc2)cc1Br. The number of amides is 2. The molecular weight excluding hydrogens is 454 g/mol. The molecule has 3 N–H and O–H groups in total. The van der Waals surface area contributed by atoms with E-state index in [0.717, 1.165) is 12.0 Å². The van der Waals surface area contributed by atoms with Crippen LogP contribution in [0.15, 0.2) is 53.0 Å². The van der Waals surface area contributed by atoms with Crippen LogP contribution in [0.4, 0.5) is 0 Å². The van der Waals surface area contributed by atoms with Crippen molar-refractivity contribution in [2.45, 2.75) is 26.3 Å². The van der Waals surface area contributed by atoms with Crippen molar-refractivity contribution in [1.82, 2.24) is 10.2 Å². The third-order valence-electron chi connectivity index (χ3n) is 4.01. The fraction of sp³-hybridized carbons (Fsp3) is 0.286. The molecule has 0 heterocycles. The Morgan fingerprint density at radius 1 is 1.21 bits per heavy atom.